The van der Waals surface area contributed by atoms with Gasteiger partial charge in [-0.05, 0) is 24.1 Å². The summed E-state index contributed by atoms with van der Waals surface area (Å²) in [5.74, 6) is 0.150. The number of nitrogens with zero attached hydrogens (tertiary/aromatic N) is 1. The molecule has 0 N–H and O–H groups in total. The normalized spacial score (nSPS) is 10.7. The molecular weight excluding hydrogens is 302 g/mol. The number of aryl methyl sites for hydroxylation is 1. The number of nitriles is 1. The molecule has 0 amide bonds. The highest BCUT2D eigenvalue weighted by molar-refractivity contribution is 7.87. The Morgan fingerprint density at radius 3 is 2.45 bits per heavy atom. The quantitative estimate of drug-likeness (QED) is 0.765. The number of hydrogen-bond acceptors (Lipinski definition) is 5. The molecule has 2 rings (SSSR count). The van der Waals surface area contributed by atoms with E-state index in [-0.39, 0.29) is 17.3 Å². The van der Waals surface area contributed by atoms with E-state index in [0.717, 1.165) is 5.56 Å². The summed E-state index contributed by atoms with van der Waals surface area (Å²) in [6.45, 7) is 0. The minimum atomic E-state index is -3.75. The van der Waals surface area contributed by atoms with Gasteiger partial charge >= 0.3 is 10.1 Å². The van der Waals surface area contributed by atoms with Crippen molar-refractivity contribution in [3.05, 3.63) is 59.7 Å². The lowest BCUT2D eigenvalue weighted by atomic mass is 10.2. The van der Waals surface area contributed by atoms with Crippen molar-refractivity contribution < 1.29 is 17.3 Å². The minimum Gasteiger partial charge on any atom is -0.493 e. The highest BCUT2D eigenvalue weighted by Crippen LogP contribution is 2.29. The molecule has 0 radical (unpaired) electrons. The molecule has 6 heteroatoms. The van der Waals surface area contributed by atoms with Gasteiger partial charge in [-0.3, -0.25) is 0 Å². The van der Waals surface area contributed by atoms with Gasteiger partial charge in [0.05, 0.1) is 24.5 Å². The lowest BCUT2D eigenvalue weighted by Crippen LogP contribution is -2.16. The van der Waals surface area contributed by atoms with Crippen molar-refractivity contribution in [3.8, 4) is 17.6 Å². The number of hydrogen-bond donors (Lipinski definition) is 0. The maximum Gasteiger partial charge on any atom is 0.309 e. The molecule has 0 bridgehead atoms. The fraction of sp³-hybridized carbons (Fsp3) is 0.188. The molecule has 2 aromatic rings. The van der Waals surface area contributed by atoms with Crippen molar-refractivity contribution in [2.24, 2.45) is 0 Å². The molecule has 0 saturated heterocycles. The van der Waals surface area contributed by atoms with Crippen molar-refractivity contribution in [3.63, 3.8) is 0 Å². The molecule has 0 unspecified atom stereocenters. The van der Waals surface area contributed by atoms with Gasteiger partial charge in [-0.15, -0.1) is 0 Å². The van der Waals surface area contributed by atoms with Crippen LogP contribution < -0.4 is 8.92 Å². The van der Waals surface area contributed by atoms with Crippen LogP contribution in [-0.2, 0) is 16.5 Å². The molecule has 0 fully saturated rings. The Balaban J connectivity index is 2.10. The summed E-state index contributed by atoms with van der Waals surface area (Å²) in [6.07, 6.45) is 0.363. The summed E-state index contributed by atoms with van der Waals surface area (Å²) in [5, 5.41) is 8.83. The van der Waals surface area contributed by atoms with Gasteiger partial charge in [0.2, 0.25) is 0 Å². The Hall–Kier alpha value is -2.52. The Labute approximate surface area is 129 Å². The van der Waals surface area contributed by atoms with E-state index >= 15 is 0 Å². The van der Waals surface area contributed by atoms with Crippen LogP contribution in [0.15, 0.2) is 48.5 Å². The third kappa shape index (κ3) is 4.24. The molecule has 2 aromatic carbocycles. The zero-order valence-electron chi connectivity index (χ0n) is 12.0. The van der Waals surface area contributed by atoms with E-state index in [1.807, 2.05) is 36.4 Å². The Bertz CT molecular complexity index is 780. The van der Waals surface area contributed by atoms with Gasteiger partial charge in [-0.2, -0.15) is 13.7 Å². The summed E-state index contributed by atoms with van der Waals surface area (Å²) < 4.78 is 34.2. The summed E-state index contributed by atoms with van der Waals surface area (Å²) >= 11 is 0. The largest absolute Gasteiger partial charge is 0.493 e. The van der Waals surface area contributed by atoms with Crippen LogP contribution in [0, 0.1) is 11.3 Å². The van der Waals surface area contributed by atoms with E-state index < -0.39 is 10.1 Å². The first kappa shape index (κ1) is 15.9. The van der Waals surface area contributed by atoms with Gasteiger partial charge in [0.15, 0.2) is 11.5 Å². The molecule has 0 aliphatic rings. The first-order valence-corrected chi connectivity index (χ1v) is 8.16. The molecule has 114 valence electrons. The van der Waals surface area contributed by atoms with E-state index in [0.29, 0.717) is 12.0 Å². The summed E-state index contributed by atoms with van der Waals surface area (Å²) in [6, 6.07) is 15.6. The topological polar surface area (TPSA) is 76.4 Å². The van der Waals surface area contributed by atoms with Crippen LogP contribution in [0.2, 0.25) is 0 Å². The van der Waals surface area contributed by atoms with E-state index in [2.05, 4.69) is 0 Å². The smallest absolute Gasteiger partial charge is 0.309 e. The van der Waals surface area contributed by atoms with Crippen molar-refractivity contribution in [2.75, 3.05) is 12.9 Å². The fourth-order valence-electron chi connectivity index (χ4n) is 1.87. The van der Waals surface area contributed by atoms with Crippen LogP contribution >= 0.6 is 0 Å². The molecule has 0 aromatic heterocycles. The first-order valence-electron chi connectivity index (χ1n) is 6.58. The van der Waals surface area contributed by atoms with Gasteiger partial charge in [-0.1, -0.05) is 30.3 Å². The predicted octanol–water partition coefficient (Wildman–Crippen LogP) is 2.52. The second-order valence-corrected chi connectivity index (χ2v) is 6.25. The maximum absolute atomic E-state index is 12.1. The average Bonchev–Trinajstić information content (AvgIpc) is 2.54. The second kappa shape index (κ2) is 6.96. The third-order valence-electron chi connectivity index (χ3n) is 2.99. The minimum absolute atomic E-state index is 0.0783. The second-order valence-electron chi connectivity index (χ2n) is 4.56. The molecule has 0 atom stereocenters. The van der Waals surface area contributed by atoms with Crippen molar-refractivity contribution in [2.45, 2.75) is 6.42 Å². The van der Waals surface area contributed by atoms with E-state index in [1.54, 1.807) is 0 Å². The zero-order valence-corrected chi connectivity index (χ0v) is 12.8. The highest BCUT2D eigenvalue weighted by atomic mass is 32.2. The summed E-state index contributed by atoms with van der Waals surface area (Å²) in [7, 11) is -2.36. The van der Waals surface area contributed by atoms with Crippen LogP contribution in [0.1, 0.15) is 11.1 Å². The number of rotatable bonds is 6. The van der Waals surface area contributed by atoms with Crippen LogP contribution in [0.25, 0.3) is 0 Å². The Kier molecular flexibility index (Phi) is 5.02. The Morgan fingerprint density at radius 2 is 1.82 bits per heavy atom. The van der Waals surface area contributed by atoms with Crippen LogP contribution in [0.3, 0.4) is 0 Å². The molecule has 0 heterocycles. The van der Waals surface area contributed by atoms with Gasteiger partial charge < -0.3 is 8.92 Å². The van der Waals surface area contributed by atoms with Gasteiger partial charge in [-0.25, -0.2) is 0 Å². The SMILES string of the molecule is COc1cc(C#N)ccc1OS(=O)(=O)CCc1ccccc1. The average molecular weight is 317 g/mol. The molecule has 0 aliphatic carbocycles. The standard InChI is InChI=1S/C16H15NO4S/c1-20-16-11-14(12-17)7-8-15(16)21-22(18,19)10-9-13-5-3-2-4-6-13/h2-8,11H,9-10H2,1H3. The van der Waals surface area contributed by atoms with Crippen molar-refractivity contribution in [1.29, 1.82) is 5.26 Å². The number of ether oxygens (including phenoxy) is 1. The first-order chi connectivity index (χ1) is 10.5. The van der Waals surface area contributed by atoms with Gasteiger partial charge in [0.1, 0.15) is 0 Å². The fourth-order valence-corrected chi connectivity index (χ4v) is 2.85. The number of benzene rings is 2. The zero-order chi connectivity index (χ0) is 16.0. The lowest BCUT2D eigenvalue weighted by Gasteiger charge is -2.10. The lowest BCUT2D eigenvalue weighted by molar-refractivity contribution is 0.390. The van der Waals surface area contributed by atoms with Crippen LogP contribution in [0.5, 0.6) is 11.5 Å². The Morgan fingerprint density at radius 1 is 1.09 bits per heavy atom. The molecule has 5 nitrogen and oxygen atoms in total. The van der Waals surface area contributed by atoms with E-state index in [1.165, 1.54) is 25.3 Å². The van der Waals surface area contributed by atoms with Gasteiger partial charge in [0.25, 0.3) is 0 Å². The van der Waals surface area contributed by atoms with Crippen LogP contribution in [-0.4, -0.2) is 21.3 Å². The summed E-state index contributed by atoms with van der Waals surface area (Å²) in [5.41, 5.74) is 1.28. The van der Waals surface area contributed by atoms with Crippen LogP contribution in [0.4, 0.5) is 0 Å². The van der Waals surface area contributed by atoms with E-state index in [9.17, 15) is 8.42 Å². The molecule has 0 spiro atoms. The molecular formula is C16H15NO4S. The van der Waals surface area contributed by atoms with Crippen molar-refractivity contribution >= 4 is 10.1 Å². The predicted molar refractivity (Wildman–Crippen MR) is 82.3 cm³/mol. The van der Waals surface area contributed by atoms with Gasteiger partial charge in [0, 0.05) is 6.07 Å². The van der Waals surface area contributed by atoms with Crippen molar-refractivity contribution in [1.82, 2.24) is 0 Å². The monoisotopic (exact) mass is 317 g/mol. The highest BCUT2D eigenvalue weighted by Gasteiger charge is 2.16. The van der Waals surface area contributed by atoms with E-state index in [4.69, 9.17) is 14.2 Å². The molecule has 0 saturated carbocycles. The molecule has 22 heavy (non-hydrogen) atoms. The maximum atomic E-state index is 12.1. The molecule has 0 aliphatic heterocycles. The number of methoxy groups -OCH3 is 1. The third-order valence-corrected chi connectivity index (χ3v) is 4.13. The summed E-state index contributed by atoms with van der Waals surface area (Å²) in [4.78, 5) is 0.